The third-order valence-corrected chi connectivity index (χ3v) is 3.83. The summed E-state index contributed by atoms with van der Waals surface area (Å²) in [5.41, 5.74) is -0.516. The lowest BCUT2D eigenvalue weighted by Gasteiger charge is -2.34. The molecule has 0 bridgehead atoms. The van der Waals surface area contributed by atoms with E-state index in [2.05, 4.69) is 18.7 Å². The fourth-order valence-electron chi connectivity index (χ4n) is 2.61. The van der Waals surface area contributed by atoms with Gasteiger partial charge in [-0.2, -0.15) is 0 Å². The largest absolute Gasteiger partial charge is 0.481 e. The summed E-state index contributed by atoms with van der Waals surface area (Å²) in [5.74, 6) is -0.627. The first kappa shape index (κ1) is 14.5. The molecule has 100 valence electrons. The Morgan fingerprint density at radius 3 is 2.41 bits per heavy atom. The molecule has 1 fully saturated rings. The minimum atomic E-state index is -0.627. The van der Waals surface area contributed by atoms with Crippen LogP contribution in [0.5, 0.6) is 0 Å². The molecule has 1 saturated carbocycles. The average molecular weight is 243 g/mol. The normalized spacial score (nSPS) is 19.1. The Balaban J connectivity index is 2.65. The molecule has 0 aromatic heterocycles. The van der Waals surface area contributed by atoms with Crippen molar-refractivity contribution >= 4 is 5.97 Å². The molecule has 0 aromatic rings. The predicted octanol–water partition coefficient (Wildman–Crippen LogP) is 1.99. The van der Waals surface area contributed by atoms with Crippen LogP contribution in [0.1, 0.15) is 39.5 Å². The fraction of sp³-hybridized carbons (Fsp3) is 0.923. The van der Waals surface area contributed by atoms with Crippen molar-refractivity contribution in [1.29, 1.82) is 0 Å². The monoisotopic (exact) mass is 243 g/mol. The van der Waals surface area contributed by atoms with E-state index in [0.717, 1.165) is 32.2 Å². The molecule has 0 saturated heterocycles. The molecule has 0 amide bonds. The molecule has 0 spiro atoms. The molecule has 1 rings (SSSR count). The molecule has 0 aromatic carbocycles. The van der Waals surface area contributed by atoms with Crippen LogP contribution < -0.4 is 0 Å². The number of hydrogen-bond acceptors (Lipinski definition) is 3. The van der Waals surface area contributed by atoms with Crippen molar-refractivity contribution in [2.24, 2.45) is 5.41 Å². The summed E-state index contributed by atoms with van der Waals surface area (Å²) in [6.07, 6.45) is 3.72. The van der Waals surface area contributed by atoms with Gasteiger partial charge in [0.1, 0.15) is 0 Å². The number of methoxy groups -OCH3 is 1. The van der Waals surface area contributed by atoms with Gasteiger partial charge < -0.3 is 9.84 Å². The van der Waals surface area contributed by atoms with Crippen molar-refractivity contribution in [1.82, 2.24) is 4.90 Å². The van der Waals surface area contributed by atoms with E-state index in [4.69, 9.17) is 4.74 Å². The van der Waals surface area contributed by atoms with E-state index in [1.165, 1.54) is 0 Å². The number of nitrogens with zero attached hydrogens (tertiary/aromatic N) is 1. The van der Waals surface area contributed by atoms with Crippen LogP contribution in [0.3, 0.4) is 0 Å². The second-order valence-electron chi connectivity index (χ2n) is 5.35. The van der Waals surface area contributed by atoms with Gasteiger partial charge >= 0.3 is 5.97 Å². The second kappa shape index (κ2) is 6.36. The molecule has 0 aliphatic heterocycles. The lowest BCUT2D eigenvalue weighted by Crippen LogP contribution is -2.45. The second-order valence-corrected chi connectivity index (χ2v) is 5.35. The van der Waals surface area contributed by atoms with Crippen LogP contribution in [0.15, 0.2) is 0 Å². The SMILES string of the molecule is COCCN(CC1(C(=O)O)CCCC1)C(C)C. The number of hydrogen-bond donors (Lipinski definition) is 1. The van der Waals surface area contributed by atoms with E-state index in [-0.39, 0.29) is 0 Å². The van der Waals surface area contributed by atoms with Crippen molar-refractivity contribution in [2.45, 2.75) is 45.6 Å². The van der Waals surface area contributed by atoms with Gasteiger partial charge in [-0.1, -0.05) is 12.8 Å². The minimum absolute atomic E-state index is 0.363. The van der Waals surface area contributed by atoms with E-state index in [9.17, 15) is 9.90 Å². The van der Waals surface area contributed by atoms with Crippen LogP contribution >= 0.6 is 0 Å². The molecule has 1 N–H and O–H groups in total. The highest BCUT2D eigenvalue weighted by Crippen LogP contribution is 2.39. The first-order valence-corrected chi connectivity index (χ1v) is 6.48. The average Bonchev–Trinajstić information content (AvgIpc) is 2.73. The Morgan fingerprint density at radius 2 is 2.00 bits per heavy atom. The van der Waals surface area contributed by atoms with Crippen LogP contribution in [0, 0.1) is 5.41 Å². The molecule has 0 unspecified atom stereocenters. The van der Waals surface area contributed by atoms with E-state index >= 15 is 0 Å². The van der Waals surface area contributed by atoms with Gasteiger partial charge in [0.25, 0.3) is 0 Å². The first-order valence-electron chi connectivity index (χ1n) is 6.48. The standard InChI is InChI=1S/C13H25NO3/c1-11(2)14(8-9-17-3)10-13(12(15)16)6-4-5-7-13/h11H,4-10H2,1-3H3,(H,15,16). The molecule has 17 heavy (non-hydrogen) atoms. The number of carboxylic acid groups (broad SMARTS) is 1. The highest BCUT2D eigenvalue weighted by atomic mass is 16.5. The zero-order valence-corrected chi connectivity index (χ0v) is 11.2. The van der Waals surface area contributed by atoms with Gasteiger partial charge in [-0.25, -0.2) is 0 Å². The summed E-state index contributed by atoms with van der Waals surface area (Å²) in [4.78, 5) is 13.7. The summed E-state index contributed by atoms with van der Waals surface area (Å²) in [7, 11) is 1.68. The van der Waals surface area contributed by atoms with Gasteiger partial charge in [-0.3, -0.25) is 9.69 Å². The third kappa shape index (κ3) is 3.68. The maximum Gasteiger partial charge on any atom is 0.310 e. The summed E-state index contributed by atoms with van der Waals surface area (Å²) in [5, 5.41) is 9.46. The molecule has 1 aliphatic rings. The van der Waals surface area contributed by atoms with Gasteiger partial charge in [0.15, 0.2) is 0 Å². The molecule has 0 atom stereocenters. The highest BCUT2D eigenvalue weighted by Gasteiger charge is 2.42. The van der Waals surface area contributed by atoms with Crippen molar-refractivity contribution in [3.63, 3.8) is 0 Å². The maximum absolute atomic E-state index is 11.5. The number of carboxylic acids is 1. The van der Waals surface area contributed by atoms with Crippen molar-refractivity contribution in [2.75, 3.05) is 26.8 Å². The number of aliphatic carboxylic acids is 1. The minimum Gasteiger partial charge on any atom is -0.481 e. The quantitative estimate of drug-likeness (QED) is 0.743. The molecular weight excluding hydrogens is 218 g/mol. The van der Waals surface area contributed by atoms with Crippen LogP contribution in [-0.2, 0) is 9.53 Å². The van der Waals surface area contributed by atoms with Crippen LogP contribution in [0.2, 0.25) is 0 Å². The lowest BCUT2D eigenvalue weighted by atomic mass is 9.85. The Bertz CT molecular complexity index is 247. The number of rotatable bonds is 7. The number of ether oxygens (including phenoxy) is 1. The highest BCUT2D eigenvalue weighted by molar-refractivity contribution is 5.75. The van der Waals surface area contributed by atoms with Crippen molar-refractivity contribution in [3.05, 3.63) is 0 Å². The topological polar surface area (TPSA) is 49.8 Å². The lowest BCUT2D eigenvalue weighted by molar-refractivity contribution is -0.150. The van der Waals surface area contributed by atoms with Crippen molar-refractivity contribution in [3.8, 4) is 0 Å². The summed E-state index contributed by atoms with van der Waals surface area (Å²) >= 11 is 0. The Kier molecular flexibility index (Phi) is 5.40. The summed E-state index contributed by atoms with van der Waals surface area (Å²) in [6.45, 7) is 6.35. The van der Waals surface area contributed by atoms with Crippen LogP contribution in [-0.4, -0.2) is 48.8 Å². The molecule has 0 radical (unpaired) electrons. The van der Waals surface area contributed by atoms with Crippen molar-refractivity contribution < 1.29 is 14.6 Å². The molecule has 1 aliphatic carbocycles. The fourth-order valence-corrected chi connectivity index (χ4v) is 2.61. The first-order chi connectivity index (χ1) is 8.02. The van der Waals surface area contributed by atoms with E-state index in [0.29, 0.717) is 19.2 Å². The number of carbonyl (C=O) groups is 1. The van der Waals surface area contributed by atoms with Gasteiger partial charge in [-0.15, -0.1) is 0 Å². The molecular formula is C13H25NO3. The van der Waals surface area contributed by atoms with E-state index in [1.54, 1.807) is 7.11 Å². The van der Waals surface area contributed by atoms with Crippen LogP contribution in [0.4, 0.5) is 0 Å². The zero-order valence-electron chi connectivity index (χ0n) is 11.2. The zero-order chi connectivity index (χ0) is 12.9. The van der Waals surface area contributed by atoms with Gasteiger partial charge in [0.05, 0.1) is 12.0 Å². The Morgan fingerprint density at radius 1 is 1.41 bits per heavy atom. The Hall–Kier alpha value is -0.610. The van der Waals surface area contributed by atoms with Gasteiger partial charge in [0, 0.05) is 26.2 Å². The van der Waals surface area contributed by atoms with Gasteiger partial charge in [-0.05, 0) is 26.7 Å². The third-order valence-electron chi connectivity index (χ3n) is 3.83. The molecule has 4 nitrogen and oxygen atoms in total. The molecule has 4 heteroatoms. The van der Waals surface area contributed by atoms with E-state index in [1.807, 2.05) is 0 Å². The van der Waals surface area contributed by atoms with Gasteiger partial charge in [0.2, 0.25) is 0 Å². The van der Waals surface area contributed by atoms with E-state index < -0.39 is 11.4 Å². The summed E-state index contributed by atoms with van der Waals surface area (Å²) < 4.78 is 5.09. The summed E-state index contributed by atoms with van der Waals surface area (Å²) in [6, 6.07) is 0.363. The predicted molar refractivity (Wildman–Crippen MR) is 67.1 cm³/mol. The molecule has 0 heterocycles. The Labute approximate surface area is 104 Å². The van der Waals surface area contributed by atoms with Crippen LogP contribution in [0.25, 0.3) is 0 Å². The maximum atomic E-state index is 11.5. The smallest absolute Gasteiger partial charge is 0.310 e.